The van der Waals surface area contributed by atoms with Crippen LogP contribution in [0.25, 0.3) is 0 Å². The Hall–Kier alpha value is -1.23. The lowest BCUT2D eigenvalue weighted by Gasteiger charge is -2.07. The van der Waals surface area contributed by atoms with Crippen LogP contribution in [-0.2, 0) is 0 Å². The van der Waals surface area contributed by atoms with Crippen LogP contribution in [0.4, 0.5) is 5.69 Å². The number of aromatic nitrogens is 1. The third-order valence-electron chi connectivity index (χ3n) is 1.49. The molecule has 0 saturated heterocycles. The van der Waals surface area contributed by atoms with Gasteiger partial charge in [-0.15, -0.1) is 11.8 Å². The van der Waals surface area contributed by atoms with Crippen molar-refractivity contribution in [2.45, 2.75) is 24.1 Å². The second kappa shape index (κ2) is 4.32. The van der Waals surface area contributed by atoms with Gasteiger partial charge in [0, 0.05) is 5.25 Å². The highest BCUT2D eigenvalue weighted by molar-refractivity contribution is 7.99. The number of rotatable bonds is 3. The van der Waals surface area contributed by atoms with E-state index in [9.17, 15) is 4.79 Å². The zero-order valence-electron chi connectivity index (χ0n) is 8.15. The van der Waals surface area contributed by atoms with Crippen LogP contribution in [0.2, 0.25) is 0 Å². The third-order valence-corrected chi connectivity index (χ3v) is 2.51. The van der Waals surface area contributed by atoms with Crippen LogP contribution in [0, 0.1) is 0 Å². The van der Waals surface area contributed by atoms with Crippen LogP contribution in [0.5, 0.6) is 0 Å². The molecule has 0 fully saturated rings. The lowest BCUT2D eigenvalue weighted by Crippen LogP contribution is -2.13. The quantitative estimate of drug-likeness (QED) is 0.737. The molecule has 0 spiro atoms. The van der Waals surface area contributed by atoms with Crippen LogP contribution < -0.4 is 11.5 Å². The second-order valence-corrected chi connectivity index (χ2v) is 4.69. The first-order chi connectivity index (χ1) is 6.50. The normalized spacial score (nSPS) is 10.5. The molecule has 1 amide bonds. The standard InChI is InChI=1S/C9H13N3OS/c1-5(2)14-9-6(10)3-4-7(12-9)8(11)13/h3-5H,10H2,1-2H3,(H2,11,13). The summed E-state index contributed by atoms with van der Waals surface area (Å²) in [5, 5.41) is 1.03. The van der Waals surface area contributed by atoms with Crippen molar-refractivity contribution in [1.82, 2.24) is 4.98 Å². The van der Waals surface area contributed by atoms with Crippen LogP contribution in [0.15, 0.2) is 17.2 Å². The molecular weight excluding hydrogens is 198 g/mol. The molecule has 0 aliphatic carbocycles. The van der Waals surface area contributed by atoms with Crippen molar-refractivity contribution in [2.75, 3.05) is 5.73 Å². The minimum atomic E-state index is -0.532. The lowest BCUT2D eigenvalue weighted by molar-refractivity contribution is 0.0995. The molecule has 0 atom stereocenters. The number of carbonyl (C=O) groups excluding carboxylic acids is 1. The molecule has 0 aliphatic rings. The Kier molecular flexibility index (Phi) is 3.35. The first-order valence-corrected chi connectivity index (χ1v) is 5.11. The average Bonchev–Trinajstić information content (AvgIpc) is 2.07. The number of carbonyl (C=O) groups is 1. The number of thioether (sulfide) groups is 1. The van der Waals surface area contributed by atoms with Crippen molar-refractivity contribution in [2.24, 2.45) is 5.73 Å². The summed E-state index contributed by atoms with van der Waals surface area (Å²) in [4.78, 5) is 14.9. The SMILES string of the molecule is CC(C)Sc1nc(C(N)=O)ccc1N. The first-order valence-electron chi connectivity index (χ1n) is 4.23. The number of nitrogens with zero attached hydrogens (tertiary/aromatic N) is 1. The van der Waals surface area contributed by atoms with Gasteiger partial charge in [-0.25, -0.2) is 4.98 Å². The summed E-state index contributed by atoms with van der Waals surface area (Å²) in [5.74, 6) is -0.532. The van der Waals surface area contributed by atoms with E-state index in [-0.39, 0.29) is 5.69 Å². The molecule has 0 radical (unpaired) electrons. The Morgan fingerprint density at radius 3 is 2.64 bits per heavy atom. The largest absolute Gasteiger partial charge is 0.397 e. The van der Waals surface area contributed by atoms with Gasteiger partial charge in [0.05, 0.1) is 5.69 Å². The van der Waals surface area contributed by atoms with E-state index in [1.165, 1.54) is 17.8 Å². The highest BCUT2D eigenvalue weighted by atomic mass is 32.2. The van der Waals surface area contributed by atoms with E-state index in [2.05, 4.69) is 4.98 Å². The van der Waals surface area contributed by atoms with Crippen LogP contribution >= 0.6 is 11.8 Å². The molecule has 5 heteroatoms. The molecular formula is C9H13N3OS. The molecule has 0 aliphatic heterocycles. The maximum atomic E-state index is 10.9. The predicted molar refractivity (Wildman–Crippen MR) is 58.2 cm³/mol. The van der Waals surface area contributed by atoms with Gasteiger partial charge in [-0.05, 0) is 12.1 Å². The molecule has 0 saturated carbocycles. The molecule has 1 aromatic rings. The van der Waals surface area contributed by atoms with Gasteiger partial charge >= 0.3 is 0 Å². The number of anilines is 1. The molecule has 1 aromatic heterocycles. The minimum Gasteiger partial charge on any atom is -0.397 e. The van der Waals surface area contributed by atoms with Crippen LogP contribution in [-0.4, -0.2) is 16.1 Å². The summed E-state index contributed by atoms with van der Waals surface area (Å²) in [6.45, 7) is 4.06. The summed E-state index contributed by atoms with van der Waals surface area (Å²) in [5.41, 5.74) is 11.6. The topological polar surface area (TPSA) is 82.0 Å². The number of amides is 1. The molecule has 76 valence electrons. The van der Waals surface area contributed by atoms with E-state index in [1.807, 2.05) is 13.8 Å². The molecule has 0 bridgehead atoms. The Balaban J connectivity index is 3.02. The number of hydrogen-bond donors (Lipinski definition) is 2. The Bertz CT molecular complexity index is 352. The van der Waals surface area contributed by atoms with Gasteiger partial charge < -0.3 is 11.5 Å². The van der Waals surface area contributed by atoms with E-state index < -0.39 is 5.91 Å². The van der Waals surface area contributed by atoms with E-state index in [0.717, 1.165) is 0 Å². The molecule has 0 unspecified atom stereocenters. The van der Waals surface area contributed by atoms with Crippen LogP contribution in [0.3, 0.4) is 0 Å². The average molecular weight is 211 g/mol. The number of nitrogen functional groups attached to an aromatic ring is 1. The number of primary amides is 1. The molecule has 1 heterocycles. The Labute approximate surface area is 87.1 Å². The van der Waals surface area contributed by atoms with Gasteiger partial charge in [0.25, 0.3) is 5.91 Å². The van der Waals surface area contributed by atoms with E-state index in [0.29, 0.717) is 16.0 Å². The van der Waals surface area contributed by atoms with Crippen LogP contribution in [0.1, 0.15) is 24.3 Å². The van der Waals surface area contributed by atoms with Crippen molar-refractivity contribution in [1.29, 1.82) is 0 Å². The summed E-state index contributed by atoms with van der Waals surface area (Å²) >= 11 is 1.51. The van der Waals surface area contributed by atoms with Gasteiger partial charge in [-0.3, -0.25) is 4.79 Å². The van der Waals surface area contributed by atoms with E-state index >= 15 is 0 Å². The van der Waals surface area contributed by atoms with Crippen molar-refractivity contribution < 1.29 is 4.79 Å². The smallest absolute Gasteiger partial charge is 0.267 e. The maximum Gasteiger partial charge on any atom is 0.267 e. The highest BCUT2D eigenvalue weighted by Crippen LogP contribution is 2.26. The first kappa shape index (κ1) is 10.8. The third kappa shape index (κ3) is 2.63. The summed E-state index contributed by atoms with van der Waals surface area (Å²) in [7, 11) is 0. The summed E-state index contributed by atoms with van der Waals surface area (Å²) in [6.07, 6.45) is 0. The number of nitrogens with two attached hydrogens (primary N) is 2. The predicted octanol–water partition coefficient (Wildman–Crippen LogP) is 1.26. The maximum absolute atomic E-state index is 10.9. The number of hydrogen-bond acceptors (Lipinski definition) is 4. The van der Waals surface area contributed by atoms with Gasteiger partial charge in [0.2, 0.25) is 0 Å². The molecule has 1 rings (SSSR count). The molecule has 4 N–H and O–H groups in total. The fraction of sp³-hybridized carbons (Fsp3) is 0.333. The van der Waals surface area contributed by atoms with Gasteiger partial charge in [0.15, 0.2) is 0 Å². The fourth-order valence-electron chi connectivity index (χ4n) is 0.906. The summed E-state index contributed by atoms with van der Waals surface area (Å²) in [6, 6.07) is 3.18. The monoisotopic (exact) mass is 211 g/mol. The Morgan fingerprint density at radius 2 is 2.14 bits per heavy atom. The number of pyridine rings is 1. The lowest BCUT2D eigenvalue weighted by atomic mass is 10.3. The second-order valence-electron chi connectivity index (χ2n) is 3.12. The highest BCUT2D eigenvalue weighted by Gasteiger charge is 2.08. The Morgan fingerprint density at radius 1 is 1.50 bits per heavy atom. The molecule has 0 aromatic carbocycles. The van der Waals surface area contributed by atoms with Crippen molar-refractivity contribution in [3.05, 3.63) is 17.8 Å². The van der Waals surface area contributed by atoms with Gasteiger partial charge in [-0.2, -0.15) is 0 Å². The van der Waals surface area contributed by atoms with Gasteiger partial charge in [0.1, 0.15) is 10.7 Å². The molecule has 14 heavy (non-hydrogen) atoms. The van der Waals surface area contributed by atoms with Crippen molar-refractivity contribution >= 4 is 23.4 Å². The minimum absolute atomic E-state index is 0.252. The van der Waals surface area contributed by atoms with Crippen molar-refractivity contribution in [3.63, 3.8) is 0 Å². The zero-order chi connectivity index (χ0) is 10.7. The summed E-state index contributed by atoms with van der Waals surface area (Å²) < 4.78 is 0. The van der Waals surface area contributed by atoms with E-state index in [4.69, 9.17) is 11.5 Å². The molecule has 4 nitrogen and oxygen atoms in total. The van der Waals surface area contributed by atoms with Gasteiger partial charge in [-0.1, -0.05) is 13.8 Å². The van der Waals surface area contributed by atoms with Crippen molar-refractivity contribution in [3.8, 4) is 0 Å². The zero-order valence-corrected chi connectivity index (χ0v) is 8.97. The fourth-order valence-corrected chi connectivity index (χ4v) is 1.71. The van der Waals surface area contributed by atoms with E-state index in [1.54, 1.807) is 6.07 Å².